The van der Waals surface area contributed by atoms with E-state index in [-0.39, 0.29) is 5.41 Å². The van der Waals surface area contributed by atoms with E-state index < -0.39 is 0 Å². The van der Waals surface area contributed by atoms with E-state index in [1.54, 1.807) is 17.7 Å². The van der Waals surface area contributed by atoms with Crippen molar-refractivity contribution in [2.75, 3.05) is 0 Å². The fourth-order valence-corrected chi connectivity index (χ4v) is 3.80. The number of nitrogens with zero attached hydrogens (tertiary/aromatic N) is 2. The minimum atomic E-state index is 0.151. The van der Waals surface area contributed by atoms with E-state index in [1.807, 2.05) is 6.20 Å². The molecule has 0 amide bonds. The zero-order chi connectivity index (χ0) is 14.6. The summed E-state index contributed by atoms with van der Waals surface area (Å²) in [5, 5.41) is 7.13. The summed E-state index contributed by atoms with van der Waals surface area (Å²) in [5.41, 5.74) is 2.57. The van der Waals surface area contributed by atoms with E-state index in [9.17, 15) is 0 Å². The first-order valence-corrected chi connectivity index (χ1v) is 7.97. The molecule has 4 aromatic rings. The Balaban J connectivity index is 2.25. The molecule has 0 spiro atoms. The number of hydrogen-bond acceptors (Lipinski definition) is 3. The average Bonchev–Trinajstić information content (AvgIpc) is 2.96. The average molecular weight is 292 g/mol. The van der Waals surface area contributed by atoms with Crippen molar-refractivity contribution in [2.45, 2.75) is 26.2 Å². The van der Waals surface area contributed by atoms with Crippen LogP contribution in [0.1, 0.15) is 26.3 Å². The molecule has 0 aliphatic rings. The van der Waals surface area contributed by atoms with Crippen LogP contribution in [0.25, 0.3) is 31.8 Å². The molecule has 0 saturated heterocycles. The molecule has 104 valence electrons. The molecule has 21 heavy (non-hydrogen) atoms. The lowest BCUT2D eigenvalue weighted by Crippen LogP contribution is -2.10. The van der Waals surface area contributed by atoms with Crippen molar-refractivity contribution in [3.63, 3.8) is 0 Å². The molecule has 3 heteroatoms. The maximum Gasteiger partial charge on any atom is 0.116 e. The number of aromatic nitrogens is 2. The van der Waals surface area contributed by atoms with E-state index in [2.05, 4.69) is 60.4 Å². The van der Waals surface area contributed by atoms with Gasteiger partial charge >= 0.3 is 0 Å². The monoisotopic (exact) mass is 292 g/mol. The van der Waals surface area contributed by atoms with E-state index in [0.29, 0.717) is 0 Å². The Bertz CT molecular complexity index is 977. The molecule has 2 aromatic carbocycles. The zero-order valence-electron chi connectivity index (χ0n) is 12.3. The Morgan fingerprint density at radius 3 is 2.62 bits per heavy atom. The minimum Gasteiger partial charge on any atom is -0.244 e. The third-order valence-corrected chi connectivity index (χ3v) is 4.98. The Labute approximate surface area is 127 Å². The maximum atomic E-state index is 4.50. The van der Waals surface area contributed by atoms with Gasteiger partial charge in [-0.05, 0) is 39.3 Å². The fraction of sp³-hybridized carbons (Fsp3) is 0.222. The van der Waals surface area contributed by atoms with Gasteiger partial charge < -0.3 is 0 Å². The van der Waals surface area contributed by atoms with Crippen LogP contribution in [0.3, 0.4) is 0 Å². The normalized spacial score (nSPS) is 12.5. The molecular formula is C18H16N2S. The summed E-state index contributed by atoms with van der Waals surface area (Å²) in [6, 6.07) is 8.98. The maximum absolute atomic E-state index is 4.50. The predicted molar refractivity (Wildman–Crippen MR) is 91.1 cm³/mol. The van der Waals surface area contributed by atoms with Crippen molar-refractivity contribution in [3.05, 3.63) is 47.7 Å². The topological polar surface area (TPSA) is 25.8 Å². The van der Waals surface area contributed by atoms with Gasteiger partial charge in [-0.15, -0.1) is 11.3 Å². The lowest BCUT2D eigenvalue weighted by atomic mass is 9.85. The van der Waals surface area contributed by atoms with Crippen molar-refractivity contribution in [2.24, 2.45) is 0 Å². The second-order valence-corrected chi connectivity index (χ2v) is 7.37. The Kier molecular flexibility index (Phi) is 2.57. The van der Waals surface area contributed by atoms with Gasteiger partial charge in [-0.1, -0.05) is 32.9 Å². The van der Waals surface area contributed by atoms with Gasteiger partial charge in [-0.25, -0.2) is 9.97 Å². The largest absolute Gasteiger partial charge is 0.244 e. The third-order valence-electron chi connectivity index (χ3n) is 4.06. The summed E-state index contributed by atoms with van der Waals surface area (Å²) in [7, 11) is 0. The van der Waals surface area contributed by atoms with Crippen LogP contribution in [0.5, 0.6) is 0 Å². The van der Waals surface area contributed by atoms with Crippen molar-refractivity contribution in [3.8, 4) is 0 Å². The third kappa shape index (κ3) is 1.84. The van der Waals surface area contributed by atoms with Crippen molar-refractivity contribution in [1.29, 1.82) is 0 Å². The molecular weight excluding hydrogens is 276 g/mol. The van der Waals surface area contributed by atoms with Gasteiger partial charge in [0.2, 0.25) is 0 Å². The van der Waals surface area contributed by atoms with Crippen molar-refractivity contribution >= 4 is 43.1 Å². The first kappa shape index (κ1) is 12.7. The van der Waals surface area contributed by atoms with Crippen LogP contribution >= 0.6 is 11.3 Å². The summed E-state index contributed by atoms with van der Waals surface area (Å²) in [6.07, 6.45) is 3.57. The van der Waals surface area contributed by atoms with Crippen LogP contribution < -0.4 is 0 Å². The number of benzene rings is 2. The Morgan fingerprint density at radius 1 is 0.952 bits per heavy atom. The summed E-state index contributed by atoms with van der Waals surface area (Å²) in [6.45, 7) is 6.76. The van der Waals surface area contributed by atoms with E-state index in [4.69, 9.17) is 0 Å². The standard InChI is InChI=1S/C18H16N2S/c1-18(2,3)11-4-5-12-14(8-11)13-6-7-21-17(13)16-15(12)9-19-10-20-16/h4-10H,1-3H3. The molecule has 0 aliphatic heterocycles. The molecule has 4 rings (SSSR count). The van der Waals surface area contributed by atoms with Gasteiger partial charge in [0, 0.05) is 17.0 Å². The lowest BCUT2D eigenvalue weighted by molar-refractivity contribution is 0.591. The van der Waals surface area contributed by atoms with Gasteiger partial charge in [-0.3, -0.25) is 0 Å². The second kappa shape index (κ2) is 4.25. The zero-order valence-corrected chi connectivity index (χ0v) is 13.2. The number of rotatable bonds is 0. The van der Waals surface area contributed by atoms with Crippen LogP contribution in [-0.2, 0) is 5.41 Å². The highest BCUT2D eigenvalue weighted by molar-refractivity contribution is 7.18. The fourth-order valence-electron chi connectivity index (χ4n) is 2.88. The van der Waals surface area contributed by atoms with E-state index in [0.717, 1.165) is 10.9 Å². The Morgan fingerprint density at radius 2 is 1.81 bits per heavy atom. The number of thiophene rings is 1. The molecule has 2 nitrogen and oxygen atoms in total. The number of fused-ring (bicyclic) bond motifs is 6. The first-order valence-electron chi connectivity index (χ1n) is 7.09. The molecule has 0 bridgehead atoms. The van der Waals surface area contributed by atoms with E-state index in [1.165, 1.54) is 26.4 Å². The quantitative estimate of drug-likeness (QED) is 0.411. The second-order valence-electron chi connectivity index (χ2n) is 6.46. The van der Waals surface area contributed by atoms with Gasteiger partial charge in [-0.2, -0.15) is 0 Å². The lowest BCUT2D eigenvalue weighted by Gasteiger charge is -2.20. The first-order chi connectivity index (χ1) is 10.1. The van der Waals surface area contributed by atoms with Gasteiger partial charge in [0.05, 0.1) is 10.2 Å². The Hall–Kier alpha value is -2.00. The molecule has 0 fully saturated rings. The molecule has 0 unspecified atom stereocenters. The number of hydrogen-bond donors (Lipinski definition) is 0. The summed E-state index contributed by atoms with van der Waals surface area (Å²) >= 11 is 1.75. The summed E-state index contributed by atoms with van der Waals surface area (Å²) in [4.78, 5) is 8.72. The van der Waals surface area contributed by atoms with Crippen LogP contribution in [0, 0.1) is 0 Å². The highest BCUT2D eigenvalue weighted by Gasteiger charge is 2.16. The summed E-state index contributed by atoms with van der Waals surface area (Å²) in [5.74, 6) is 0. The molecule has 0 aliphatic carbocycles. The van der Waals surface area contributed by atoms with Crippen LogP contribution in [-0.4, -0.2) is 9.97 Å². The highest BCUT2D eigenvalue weighted by atomic mass is 32.1. The predicted octanol–water partition coefficient (Wildman–Crippen LogP) is 5.30. The minimum absolute atomic E-state index is 0.151. The van der Waals surface area contributed by atoms with E-state index >= 15 is 0 Å². The molecule has 0 atom stereocenters. The van der Waals surface area contributed by atoms with Crippen LogP contribution in [0.15, 0.2) is 42.2 Å². The summed E-state index contributed by atoms with van der Waals surface area (Å²) < 4.78 is 1.26. The molecule has 2 aromatic heterocycles. The van der Waals surface area contributed by atoms with Crippen molar-refractivity contribution in [1.82, 2.24) is 9.97 Å². The highest BCUT2D eigenvalue weighted by Crippen LogP contribution is 2.38. The van der Waals surface area contributed by atoms with Gasteiger partial charge in [0.15, 0.2) is 0 Å². The molecule has 0 N–H and O–H groups in total. The van der Waals surface area contributed by atoms with Crippen LogP contribution in [0.2, 0.25) is 0 Å². The van der Waals surface area contributed by atoms with Gasteiger partial charge in [0.1, 0.15) is 6.33 Å². The van der Waals surface area contributed by atoms with Gasteiger partial charge in [0.25, 0.3) is 0 Å². The molecule has 0 radical (unpaired) electrons. The van der Waals surface area contributed by atoms with Crippen LogP contribution in [0.4, 0.5) is 0 Å². The SMILES string of the molecule is CC(C)(C)c1ccc2c(c1)c1ccsc1c1ncncc21. The molecule has 2 heterocycles. The smallest absolute Gasteiger partial charge is 0.116 e. The van der Waals surface area contributed by atoms with Crippen molar-refractivity contribution < 1.29 is 0 Å². The molecule has 0 saturated carbocycles.